The third kappa shape index (κ3) is 3.06. The summed E-state index contributed by atoms with van der Waals surface area (Å²) in [5.74, 6) is 0.329. The van der Waals surface area contributed by atoms with E-state index in [0.29, 0.717) is 30.4 Å². The molecule has 0 N–H and O–H groups in total. The van der Waals surface area contributed by atoms with Crippen LogP contribution in [0, 0.1) is 0 Å². The van der Waals surface area contributed by atoms with E-state index in [2.05, 4.69) is 15.1 Å². The zero-order valence-electron chi connectivity index (χ0n) is 13.8. The second-order valence-corrected chi connectivity index (χ2v) is 8.03. The lowest BCUT2D eigenvalue weighted by Gasteiger charge is -2.24. The van der Waals surface area contributed by atoms with Gasteiger partial charge in [-0.15, -0.1) is 0 Å². The minimum Gasteiger partial charge on any atom is -0.220 e. The van der Waals surface area contributed by atoms with Crippen molar-refractivity contribution in [2.45, 2.75) is 30.0 Å². The zero-order chi connectivity index (χ0) is 19.2. The van der Waals surface area contributed by atoms with Crippen LogP contribution in [0.2, 0.25) is 0 Å². The average molecular weight is 397 g/mol. The fourth-order valence-electron chi connectivity index (χ4n) is 3.30. The monoisotopic (exact) mass is 397 g/mol. The average Bonchev–Trinajstić information content (AvgIpc) is 3.30. The summed E-state index contributed by atoms with van der Waals surface area (Å²) in [6, 6.07) is 4.88. The van der Waals surface area contributed by atoms with Crippen LogP contribution in [0.15, 0.2) is 47.8 Å². The Bertz CT molecular complexity index is 1100. The lowest BCUT2D eigenvalue weighted by molar-refractivity contribution is -0.137. The van der Waals surface area contributed by atoms with Crippen LogP contribution in [0.1, 0.15) is 30.1 Å². The number of hydrogen-bond donors (Lipinski definition) is 0. The van der Waals surface area contributed by atoms with Gasteiger partial charge in [0.1, 0.15) is 6.33 Å². The van der Waals surface area contributed by atoms with Gasteiger partial charge in [-0.3, -0.25) is 0 Å². The molecular weight excluding hydrogens is 383 g/mol. The lowest BCUT2D eigenvalue weighted by atomic mass is 10.1. The van der Waals surface area contributed by atoms with Gasteiger partial charge in [0.25, 0.3) is 5.78 Å². The normalized spacial score (nSPS) is 19.0. The molecule has 142 valence electrons. The van der Waals surface area contributed by atoms with Gasteiger partial charge in [0, 0.05) is 12.7 Å². The van der Waals surface area contributed by atoms with E-state index < -0.39 is 27.8 Å². The Labute approximate surface area is 152 Å². The Balaban J connectivity index is 1.76. The molecule has 7 nitrogen and oxygen atoms in total. The molecule has 1 unspecified atom stereocenters. The molecule has 0 saturated carbocycles. The maximum absolute atomic E-state index is 13.1. The Morgan fingerprint density at radius 1 is 1.15 bits per heavy atom. The first kappa shape index (κ1) is 17.9. The highest BCUT2D eigenvalue weighted by Crippen LogP contribution is 2.37. The standard InChI is InChI=1S/C16H14F3N5O2S/c17-16(18,19)11-3-1-4-12(9-11)27(25,26)23-8-2-5-13(23)14-6-7-20-15-21-10-22-24(14)15/h1,3-4,6-7,9-10,13H,2,5,8H2. The molecule has 3 heterocycles. The molecule has 27 heavy (non-hydrogen) atoms. The van der Waals surface area contributed by atoms with E-state index in [0.717, 1.165) is 12.1 Å². The molecule has 1 aromatic carbocycles. The Morgan fingerprint density at radius 2 is 1.96 bits per heavy atom. The van der Waals surface area contributed by atoms with E-state index in [1.54, 1.807) is 6.07 Å². The molecular formula is C16H14F3N5O2S. The number of fused-ring (bicyclic) bond motifs is 1. The van der Waals surface area contributed by atoms with E-state index in [4.69, 9.17) is 0 Å². The molecule has 4 rings (SSSR count). The first-order valence-electron chi connectivity index (χ1n) is 8.12. The van der Waals surface area contributed by atoms with Gasteiger partial charge in [0.2, 0.25) is 10.0 Å². The van der Waals surface area contributed by atoms with Crippen LogP contribution in [0.4, 0.5) is 13.2 Å². The van der Waals surface area contributed by atoms with Crippen LogP contribution >= 0.6 is 0 Å². The third-order valence-corrected chi connectivity index (χ3v) is 6.43. The van der Waals surface area contributed by atoms with Crippen molar-refractivity contribution in [1.82, 2.24) is 23.9 Å². The number of aromatic nitrogens is 4. The molecule has 0 radical (unpaired) electrons. The summed E-state index contributed by atoms with van der Waals surface area (Å²) < 4.78 is 67.7. The maximum atomic E-state index is 13.1. The highest BCUT2D eigenvalue weighted by molar-refractivity contribution is 7.89. The summed E-state index contributed by atoms with van der Waals surface area (Å²) in [5.41, 5.74) is -0.424. The fourth-order valence-corrected chi connectivity index (χ4v) is 5.02. The number of halogens is 3. The third-order valence-electron chi connectivity index (χ3n) is 4.52. The maximum Gasteiger partial charge on any atom is 0.416 e. The predicted octanol–water partition coefficient (Wildman–Crippen LogP) is 2.67. The summed E-state index contributed by atoms with van der Waals surface area (Å²) in [6.07, 6.45) is -0.689. The van der Waals surface area contributed by atoms with Gasteiger partial charge in [-0.1, -0.05) is 6.07 Å². The van der Waals surface area contributed by atoms with Crippen molar-refractivity contribution in [1.29, 1.82) is 0 Å². The van der Waals surface area contributed by atoms with Crippen molar-refractivity contribution in [3.63, 3.8) is 0 Å². The van der Waals surface area contributed by atoms with Crippen molar-refractivity contribution < 1.29 is 21.6 Å². The van der Waals surface area contributed by atoms with Crippen molar-refractivity contribution in [3.05, 3.63) is 54.1 Å². The molecule has 0 amide bonds. The predicted molar refractivity (Wildman–Crippen MR) is 88.1 cm³/mol. The molecule has 3 aromatic rings. The van der Waals surface area contributed by atoms with E-state index in [1.165, 1.54) is 27.4 Å². The van der Waals surface area contributed by atoms with E-state index in [-0.39, 0.29) is 11.4 Å². The molecule has 11 heteroatoms. The largest absolute Gasteiger partial charge is 0.416 e. The van der Waals surface area contributed by atoms with Gasteiger partial charge in [-0.2, -0.15) is 32.1 Å². The van der Waals surface area contributed by atoms with Gasteiger partial charge in [0.15, 0.2) is 0 Å². The van der Waals surface area contributed by atoms with Crippen LogP contribution < -0.4 is 0 Å². The Kier molecular flexibility index (Phi) is 4.15. The SMILES string of the molecule is O=S(=O)(c1cccc(C(F)(F)F)c1)N1CCCC1c1ccnc2ncnn12. The topological polar surface area (TPSA) is 80.5 Å². The zero-order valence-corrected chi connectivity index (χ0v) is 14.7. The van der Waals surface area contributed by atoms with Gasteiger partial charge in [-0.05, 0) is 37.1 Å². The van der Waals surface area contributed by atoms with Crippen molar-refractivity contribution >= 4 is 15.8 Å². The van der Waals surface area contributed by atoms with Crippen molar-refractivity contribution in [2.24, 2.45) is 0 Å². The summed E-state index contributed by atoms with van der Waals surface area (Å²) in [7, 11) is -4.12. The van der Waals surface area contributed by atoms with Crippen molar-refractivity contribution in [2.75, 3.05) is 6.54 Å². The molecule has 1 fully saturated rings. The number of rotatable bonds is 3. The molecule has 1 saturated heterocycles. The highest BCUT2D eigenvalue weighted by Gasteiger charge is 2.39. The number of alkyl halides is 3. The molecule has 1 atom stereocenters. The van der Waals surface area contributed by atoms with Crippen LogP contribution in [0.5, 0.6) is 0 Å². The summed E-state index contributed by atoms with van der Waals surface area (Å²) in [5, 5.41) is 4.07. The minimum absolute atomic E-state index is 0.210. The van der Waals surface area contributed by atoms with E-state index in [9.17, 15) is 21.6 Å². The quantitative estimate of drug-likeness (QED) is 0.679. The smallest absolute Gasteiger partial charge is 0.220 e. The lowest BCUT2D eigenvalue weighted by Crippen LogP contribution is -2.32. The Morgan fingerprint density at radius 3 is 2.74 bits per heavy atom. The first-order chi connectivity index (χ1) is 12.8. The van der Waals surface area contributed by atoms with Gasteiger partial charge in [-0.25, -0.2) is 13.4 Å². The molecule has 1 aliphatic heterocycles. The van der Waals surface area contributed by atoms with Crippen LogP contribution in [0.3, 0.4) is 0 Å². The van der Waals surface area contributed by atoms with E-state index >= 15 is 0 Å². The number of sulfonamides is 1. The molecule has 1 aliphatic rings. The first-order valence-corrected chi connectivity index (χ1v) is 9.56. The van der Waals surface area contributed by atoms with Gasteiger partial charge in [0.05, 0.1) is 22.2 Å². The highest BCUT2D eigenvalue weighted by atomic mass is 32.2. The number of benzene rings is 1. The van der Waals surface area contributed by atoms with Gasteiger partial charge < -0.3 is 0 Å². The van der Waals surface area contributed by atoms with Crippen molar-refractivity contribution in [3.8, 4) is 0 Å². The number of hydrogen-bond acceptors (Lipinski definition) is 5. The number of nitrogens with zero attached hydrogens (tertiary/aromatic N) is 5. The molecule has 0 aliphatic carbocycles. The van der Waals surface area contributed by atoms with Crippen LogP contribution in [-0.2, 0) is 16.2 Å². The van der Waals surface area contributed by atoms with Crippen LogP contribution in [-0.4, -0.2) is 38.8 Å². The summed E-state index contributed by atoms with van der Waals surface area (Å²) in [6.45, 7) is 0.210. The summed E-state index contributed by atoms with van der Waals surface area (Å²) in [4.78, 5) is 7.65. The van der Waals surface area contributed by atoms with Crippen LogP contribution in [0.25, 0.3) is 5.78 Å². The van der Waals surface area contributed by atoms with Gasteiger partial charge >= 0.3 is 6.18 Å². The Hall–Kier alpha value is -2.53. The second-order valence-electron chi connectivity index (χ2n) is 6.14. The molecule has 0 bridgehead atoms. The van der Waals surface area contributed by atoms with E-state index in [1.807, 2.05) is 0 Å². The molecule has 0 spiro atoms. The minimum atomic E-state index is -4.62. The second kappa shape index (κ2) is 6.27. The fraction of sp³-hybridized carbons (Fsp3) is 0.312. The summed E-state index contributed by atoms with van der Waals surface area (Å²) >= 11 is 0. The molecule has 2 aromatic heterocycles.